The number of hydrogen-bond donors (Lipinski definition) is 1. The number of rotatable bonds is 3. The highest BCUT2D eigenvalue weighted by Gasteiger charge is 2.14. The minimum Gasteiger partial charge on any atom is -0.408 e. The van der Waals surface area contributed by atoms with Gasteiger partial charge in [-0.3, -0.25) is 9.36 Å². The predicted octanol–water partition coefficient (Wildman–Crippen LogP) is 3.50. The lowest BCUT2D eigenvalue weighted by molar-refractivity contribution is -0.116. The fourth-order valence-corrected chi connectivity index (χ4v) is 3.58. The number of benzene rings is 2. The van der Waals surface area contributed by atoms with Crippen molar-refractivity contribution >= 4 is 55.3 Å². The molecule has 0 atom stereocenters. The summed E-state index contributed by atoms with van der Waals surface area (Å²) in [5.41, 5.74) is 1.78. The van der Waals surface area contributed by atoms with Gasteiger partial charge in [-0.25, -0.2) is 9.78 Å². The second kappa shape index (κ2) is 5.77. The molecule has 1 amide bonds. The van der Waals surface area contributed by atoms with Crippen molar-refractivity contribution in [1.82, 2.24) is 9.55 Å². The number of nitrogens with zero attached hydrogens (tertiary/aromatic N) is 2. The molecule has 0 saturated heterocycles. The monoisotopic (exact) mass is 359 g/mol. The van der Waals surface area contributed by atoms with Gasteiger partial charge in [0.2, 0.25) is 5.91 Å². The number of anilines is 1. The topological polar surface area (TPSA) is 77.1 Å². The smallest absolute Gasteiger partial charge is 0.408 e. The Morgan fingerprint density at radius 1 is 1.29 bits per heavy atom. The van der Waals surface area contributed by atoms with Crippen molar-refractivity contribution < 1.29 is 9.21 Å². The summed E-state index contributed by atoms with van der Waals surface area (Å²) in [4.78, 5) is 28.5. The number of amides is 1. The van der Waals surface area contributed by atoms with Crippen molar-refractivity contribution in [2.45, 2.75) is 6.54 Å². The van der Waals surface area contributed by atoms with Crippen molar-refractivity contribution in [3.8, 4) is 0 Å². The van der Waals surface area contributed by atoms with E-state index in [1.807, 2.05) is 0 Å². The molecule has 4 rings (SSSR count). The Balaban J connectivity index is 1.59. The van der Waals surface area contributed by atoms with Crippen LogP contribution in [0.4, 0.5) is 5.13 Å². The van der Waals surface area contributed by atoms with E-state index in [1.54, 1.807) is 42.5 Å². The zero-order valence-corrected chi connectivity index (χ0v) is 13.7. The molecule has 0 bridgehead atoms. The van der Waals surface area contributed by atoms with Crippen LogP contribution < -0.4 is 11.1 Å². The van der Waals surface area contributed by atoms with Gasteiger partial charge in [0, 0.05) is 5.02 Å². The summed E-state index contributed by atoms with van der Waals surface area (Å²) >= 11 is 7.27. The molecule has 0 spiro atoms. The second-order valence-electron chi connectivity index (χ2n) is 5.10. The minimum absolute atomic E-state index is 0.146. The number of para-hydroxylation sites is 2. The van der Waals surface area contributed by atoms with Crippen LogP contribution in [0.2, 0.25) is 5.02 Å². The number of hydrogen-bond acceptors (Lipinski definition) is 5. The van der Waals surface area contributed by atoms with E-state index in [1.165, 1.54) is 15.9 Å². The zero-order valence-electron chi connectivity index (χ0n) is 12.2. The summed E-state index contributed by atoms with van der Waals surface area (Å²) in [7, 11) is 0. The lowest BCUT2D eigenvalue weighted by atomic mass is 10.3. The number of oxazole rings is 1. The summed E-state index contributed by atoms with van der Waals surface area (Å²) in [6, 6.07) is 12.3. The van der Waals surface area contributed by atoms with Crippen LogP contribution in [-0.2, 0) is 11.3 Å². The lowest BCUT2D eigenvalue weighted by Gasteiger charge is -2.02. The van der Waals surface area contributed by atoms with E-state index in [0.29, 0.717) is 21.3 Å². The summed E-state index contributed by atoms with van der Waals surface area (Å²) in [5.74, 6) is -0.920. The van der Waals surface area contributed by atoms with Crippen LogP contribution in [0.15, 0.2) is 51.7 Å². The quantitative estimate of drug-likeness (QED) is 0.607. The van der Waals surface area contributed by atoms with Gasteiger partial charge in [0.1, 0.15) is 6.54 Å². The van der Waals surface area contributed by atoms with E-state index in [4.69, 9.17) is 16.0 Å². The van der Waals surface area contributed by atoms with E-state index >= 15 is 0 Å². The van der Waals surface area contributed by atoms with E-state index in [-0.39, 0.29) is 12.5 Å². The lowest BCUT2D eigenvalue weighted by Crippen LogP contribution is -2.24. The van der Waals surface area contributed by atoms with Gasteiger partial charge in [-0.15, -0.1) is 0 Å². The first-order valence-electron chi connectivity index (χ1n) is 7.04. The van der Waals surface area contributed by atoms with Gasteiger partial charge >= 0.3 is 5.76 Å². The van der Waals surface area contributed by atoms with Gasteiger partial charge in [-0.1, -0.05) is 35.1 Å². The third-order valence-corrected chi connectivity index (χ3v) is 4.64. The highest BCUT2D eigenvalue weighted by molar-refractivity contribution is 7.22. The molecular weight excluding hydrogens is 350 g/mol. The molecule has 4 aromatic rings. The van der Waals surface area contributed by atoms with E-state index in [0.717, 1.165) is 10.2 Å². The summed E-state index contributed by atoms with van der Waals surface area (Å²) < 4.78 is 7.28. The van der Waals surface area contributed by atoms with Gasteiger partial charge in [-0.05, 0) is 30.3 Å². The number of carbonyl (C=O) groups excluding carboxylic acids is 1. The van der Waals surface area contributed by atoms with Gasteiger partial charge in [0.15, 0.2) is 10.7 Å². The van der Waals surface area contributed by atoms with Crippen LogP contribution in [0, 0.1) is 0 Å². The number of carbonyl (C=O) groups is 1. The largest absolute Gasteiger partial charge is 0.420 e. The number of aromatic nitrogens is 2. The molecule has 24 heavy (non-hydrogen) atoms. The minimum atomic E-state index is -0.567. The maximum atomic E-state index is 12.2. The third kappa shape index (κ3) is 2.68. The molecule has 8 heteroatoms. The van der Waals surface area contributed by atoms with Crippen molar-refractivity contribution in [3.63, 3.8) is 0 Å². The average molecular weight is 360 g/mol. The van der Waals surface area contributed by atoms with Crippen molar-refractivity contribution in [1.29, 1.82) is 0 Å². The molecule has 0 radical (unpaired) electrons. The van der Waals surface area contributed by atoms with Gasteiger partial charge in [0.05, 0.1) is 15.7 Å². The van der Waals surface area contributed by atoms with E-state index in [9.17, 15) is 9.59 Å². The Bertz CT molecular complexity index is 1130. The molecule has 2 aromatic carbocycles. The number of fused-ring (bicyclic) bond motifs is 2. The van der Waals surface area contributed by atoms with Crippen LogP contribution in [0.1, 0.15) is 0 Å². The highest BCUT2D eigenvalue weighted by atomic mass is 35.5. The molecule has 0 saturated carbocycles. The van der Waals surface area contributed by atoms with Crippen molar-refractivity contribution in [2.24, 2.45) is 0 Å². The second-order valence-corrected chi connectivity index (χ2v) is 6.57. The highest BCUT2D eigenvalue weighted by Crippen LogP contribution is 2.28. The average Bonchev–Trinajstić information content (AvgIpc) is 3.07. The normalized spacial score (nSPS) is 11.2. The van der Waals surface area contributed by atoms with Crippen LogP contribution >= 0.6 is 22.9 Å². The van der Waals surface area contributed by atoms with E-state index < -0.39 is 5.76 Å². The third-order valence-electron chi connectivity index (χ3n) is 3.47. The predicted molar refractivity (Wildman–Crippen MR) is 93.7 cm³/mol. The molecule has 2 aromatic heterocycles. The SMILES string of the molecule is O=C(Cn1c(=O)oc2ccccc21)Nc1nc2ccc(Cl)cc2s1. The fraction of sp³-hybridized carbons (Fsp3) is 0.0625. The molecule has 120 valence electrons. The van der Waals surface area contributed by atoms with Crippen LogP contribution in [0.3, 0.4) is 0 Å². The Hall–Kier alpha value is -2.64. The zero-order chi connectivity index (χ0) is 16.7. The Kier molecular flexibility index (Phi) is 3.59. The van der Waals surface area contributed by atoms with Gasteiger partial charge in [-0.2, -0.15) is 0 Å². The summed E-state index contributed by atoms with van der Waals surface area (Å²) in [5, 5.41) is 3.77. The van der Waals surface area contributed by atoms with Gasteiger partial charge < -0.3 is 9.73 Å². The molecule has 0 fully saturated rings. The molecule has 2 heterocycles. The first-order chi connectivity index (χ1) is 11.6. The maximum Gasteiger partial charge on any atom is 0.420 e. The van der Waals surface area contributed by atoms with Crippen molar-refractivity contribution in [2.75, 3.05) is 5.32 Å². The summed E-state index contributed by atoms with van der Waals surface area (Å²) in [6.07, 6.45) is 0. The summed E-state index contributed by atoms with van der Waals surface area (Å²) in [6.45, 7) is -0.146. The first-order valence-corrected chi connectivity index (χ1v) is 8.24. The Morgan fingerprint density at radius 3 is 3.00 bits per heavy atom. The maximum absolute atomic E-state index is 12.2. The fourth-order valence-electron chi connectivity index (χ4n) is 2.42. The molecule has 0 aliphatic heterocycles. The van der Waals surface area contributed by atoms with Gasteiger partial charge in [0.25, 0.3) is 0 Å². The molecule has 0 unspecified atom stereocenters. The van der Waals surface area contributed by atoms with E-state index in [2.05, 4.69) is 10.3 Å². The Morgan fingerprint density at radius 2 is 2.12 bits per heavy atom. The Labute approximate surface area is 144 Å². The molecule has 1 N–H and O–H groups in total. The number of nitrogens with one attached hydrogen (secondary N) is 1. The van der Waals surface area contributed by atoms with Crippen molar-refractivity contribution in [3.05, 3.63) is 58.0 Å². The standard InChI is InChI=1S/C16H10ClN3O3S/c17-9-5-6-10-13(7-9)24-15(18-10)19-14(21)8-20-11-3-1-2-4-12(11)23-16(20)22/h1-7H,8H2,(H,18,19,21). The number of thiazole rings is 1. The van der Waals surface area contributed by atoms with Crippen LogP contribution in [0.5, 0.6) is 0 Å². The molecule has 6 nitrogen and oxygen atoms in total. The first kappa shape index (κ1) is 14.9. The molecule has 0 aliphatic rings. The number of halogens is 1. The van der Waals surface area contributed by atoms with Crippen LogP contribution in [0.25, 0.3) is 21.3 Å². The van der Waals surface area contributed by atoms with Crippen LogP contribution in [-0.4, -0.2) is 15.5 Å². The molecule has 0 aliphatic carbocycles. The molecular formula is C16H10ClN3O3S.